The highest BCUT2D eigenvalue weighted by Gasteiger charge is 2.14. The largest absolute Gasteiger partial charge is 0.454 e. The zero-order chi connectivity index (χ0) is 16.2. The lowest BCUT2D eigenvalue weighted by Crippen LogP contribution is -2.36. The van der Waals surface area contributed by atoms with Gasteiger partial charge in [0.05, 0.1) is 0 Å². The molecule has 1 aliphatic heterocycles. The summed E-state index contributed by atoms with van der Waals surface area (Å²) in [5.74, 6) is 1.12. The average molecular weight is 316 g/mol. The molecule has 2 amide bonds. The summed E-state index contributed by atoms with van der Waals surface area (Å²) in [4.78, 5) is 13.6. The molecule has 0 atom stereocenters. The number of hydrogen-bond acceptors (Lipinski definition) is 3. The molecule has 2 aromatic rings. The number of hydrogen-bond donors (Lipinski definition) is 1. The second-order valence-electron chi connectivity index (χ2n) is 5.33. The van der Waals surface area contributed by atoms with Gasteiger partial charge in [0.2, 0.25) is 6.79 Å². The van der Waals surface area contributed by atoms with Crippen molar-refractivity contribution in [3.63, 3.8) is 0 Å². The van der Waals surface area contributed by atoms with Crippen LogP contribution < -0.4 is 14.8 Å². The minimum Gasteiger partial charge on any atom is -0.454 e. The molecule has 0 spiro atoms. The van der Waals surface area contributed by atoms with Crippen LogP contribution in [0.25, 0.3) is 0 Å². The number of ether oxygens (including phenoxy) is 2. The summed E-state index contributed by atoms with van der Waals surface area (Å²) in [6.07, 6.45) is 0. The first kappa shape index (κ1) is 15.1. The van der Waals surface area contributed by atoms with E-state index in [1.165, 1.54) is 12.1 Å². The first-order chi connectivity index (χ1) is 11.1. The Labute approximate surface area is 133 Å². The summed E-state index contributed by atoms with van der Waals surface area (Å²) >= 11 is 0. The van der Waals surface area contributed by atoms with Crippen LogP contribution in [0.5, 0.6) is 11.5 Å². The number of fused-ring (bicyclic) bond motifs is 1. The van der Waals surface area contributed by atoms with Gasteiger partial charge < -0.3 is 19.7 Å². The van der Waals surface area contributed by atoms with Gasteiger partial charge in [-0.05, 0) is 35.4 Å². The molecule has 0 aliphatic carbocycles. The molecule has 2 aromatic carbocycles. The van der Waals surface area contributed by atoms with Crippen molar-refractivity contribution in [1.82, 2.24) is 10.2 Å². The predicted octanol–water partition coefficient (Wildman–Crippen LogP) is 2.90. The lowest BCUT2D eigenvalue weighted by molar-refractivity contribution is 0.174. The Bertz CT molecular complexity index is 703. The first-order valence-electron chi connectivity index (χ1n) is 7.24. The molecule has 0 saturated heterocycles. The molecule has 0 aromatic heterocycles. The molecule has 6 heteroatoms. The average Bonchev–Trinajstić information content (AvgIpc) is 3.02. The molecule has 0 bridgehead atoms. The maximum Gasteiger partial charge on any atom is 0.317 e. The molecule has 0 radical (unpaired) electrons. The van der Waals surface area contributed by atoms with E-state index in [9.17, 15) is 9.18 Å². The first-order valence-corrected chi connectivity index (χ1v) is 7.24. The molecule has 0 saturated carbocycles. The highest BCUT2D eigenvalue weighted by atomic mass is 19.1. The second-order valence-corrected chi connectivity index (χ2v) is 5.33. The van der Waals surface area contributed by atoms with Gasteiger partial charge >= 0.3 is 6.03 Å². The van der Waals surface area contributed by atoms with Gasteiger partial charge in [0.15, 0.2) is 11.5 Å². The van der Waals surface area contributed by atoms with Gasteiger partial charge in [0.1, 0.15) is 5.82 Å². The molecular weight excluding hydrogens is 299 g/mol. The van der Waals surface area contributed by atoms with Gasteiger partial charge in [-0.15, -0.1) is 0 Å². The fourth-order valence-corrected chi connectivity index (χ4v) is 2.30. The number of benzene rings is 2. The Morgan fingerprint density at radius 2 is 1.83 bits per heavy atom. The van der Waals surface area contributed by atoms with E-state index in [4.69, 9.17) is 9.47 Å². The summed E-state index contributed by atoms with van der Waals surface area (Å²) in [5, 5.41) is 2.84. The third-order valence-electron chi connectivity index (χ3n) is 3.56. The quantitative estimate of drug-likeness (QED) is 0.943. The summed E-state index contributed by atoms with van der Waals surface area (Å²) in [6.45, 7) is 1.03. The molecule has 1 heterocycles. The molecule has 1 N–H and O–H groups in total. The van der Waals surface area contributed by atoms with Crippen molar-refractivity contribution in [2.45, 2.75) is 13.1 Å². The smallest absolute Gasteiger partial charge is 0.317 e. The van der Waals surface area contributed by atoms with E-state index >= 15 is 0 Å². The lowest BCUT2D eigenvalue weighted by Gasteiger charge is -2.18. The maximum atomic E-state index is 12.9. The minimum atomic E-state index is -0.288. The van der Waals surface area contributed by atoms with Crippen molar-refractivity contribution < 1.29 is 18.7 Å². The number of carbonyl (C=O) groups excluding carboxylic acids is 1. The van der Waals surface area contributed by atoms with Crippen LogP contribution in [0.3, 0.4) is 0 Å². The Hall–Kier alpha value is -2.76. The van der Waals surface area contributed by atoms with Crippen molar-refractivity contribution in [2.24, 2.45) is 0 Å². The van der Waals surface area contributed by atoms with E-state index in [2.05, 4.69) is 5.32 Å². The third kappa shape index (κ3) is 3.71. The lowest BCUT2D eigenvalue weighted by atomic mass is 10.2. The molecule has 120 valence electrons. The van der Waals surface area contributed by atoms with Crippen LogP contribution in [0.15, 0.2) is 42.5 Å². The number of amides is 2. The van der Waals surface area contributed by atoms with Crippen LogP contribution in [-0.2, 0) is 13.1 Å². The molecule has 23 heavy (non-hydrogen) atoms. The van der Waals surface area contributed by atoms with Crippen molar-refractivity contribution in [1.29, 1.82) is 0 Å². The van der Waals surface area contributed by atoms with Gasteiger partial charge in [0.25, 0.3) is 0 Å². The van der Waals surface area contributed by atoms with E-state index in [1.807, 2.05) is 18.2 Å². The topological polar surface area (TPSA) is 50.8 Å². The second kappa shape index (κ2) is 6.56. The highest BCUT2D eigenvalue weighted by molar-refractivity contribution is 5.73. The van der Waals surface area contributed by atoms with Crippen LogP contribution in [0.1, 0.15) is 11.1 Å². The molecular formula is C17H17FN2O3. The Morgan fingerprint density at radius 3 is 2.61 bits per heavy atom. The summed E-state index contributed by atoms with van der Waals surface area (Å²) < 4.78 is 23.4. The van der Waals surface area contributed by atoms with E-state index in [1.54, 1.807) is 24.1 Å². The van der Waals surface area contributed by atoms with Crippen LogP contribution in [-0.4, -0.2) is 24.8 Å². The highest BCUT2D eigenvalue weighted by Crippen LogP contribution is 2.32. The van der Waals surface area contributed by atoms with Crippen LogP contribution in [0, 0.1) is 5.82 Å². The third-order valence-corrected chi connectivity index (χ3v) is 3.56. The van der Waals surface area contributed by atoms with Gasteiger partial charge in [-0.2, -0.15) is 0 Å². The monoisotopic (exact) mass is 316 g/mol. The Balaban J connectivity index is 1.53. The fraction of sp³-hybridized carbons (Fsp3) is 0.235. The minimum absolute atomic E-state index is 0.202. The number of nitrogens with one attached hydrogen (secondary N) is 1. The zero-order valence-electron chi connectivity index (χ0n) is 12.7. The van der Waals surface area contributed by atoms with Gasteiger partial charge in [-0.1, -0.05) is 18.2 Å². The van der Waals surface area contributed by atoms with Crippen molar-refractivity contribution in [3.05, 3.63) is 59.4 Å². The van der Waals surface area contributed by atoms with Gasteiger partial charge in [-0.25, -0.2) is 9.18 Å². The normalized spacial score (nSPS) is 12.1. The standard InChI is InChI=1S/C17H17FN2O3/c1-20(10-12-2-5-14(18)6-3-12)17(21)19-9-13-4-7-15-16(8-13)23-11-22-15/h2-8H,9-11H2,1H3,(H,19,21). The Morgan fingerprint density at radius 1 is 1.13 bits per heavy atom. The van der Waals surface area contributed by atoms with Gasteiger partial charge in [-0.3, -0.25) is 0 Å². The molecule has 0 fully saturated rings. The number of rotatable bonds is 4. The molecule has 0 unspecified atom stereocenters. The van der Waals surface area contributed by atoms with E-state index < -0.39 is 0 Å². The fourth-order valence-electron chi connectivity index (χ4n) is 2.30. The number of carbonyl (C=O) groups is 1. The summed E-state index contributed by atoms with van der Waals surface area (Å²) in [6, 6.07) is 11.4. The van der Waals surface area contributed by atoms with Crippen LogP contribution >= 0.6 is 0 Å². The molecule has 5 nitrogen and oxygen atoms in total. The predicted molar refractivity (Wildman–Crippen MR) is 82.7 cm³/mol. The SMILES string of the molecule is CN(Cc1ccc(F)cc1)C(=O)NCc1ccc2c(c1)OCO2. The number of urea groups is 1. The summed E-state index contributed by atoms with van der Waals surface area (Å²) in [7, 11) is 1.69. The number of halogens is 1. The maximum absolute atomic E-state index is 12.9. The molecule has 3 rings (SSSR count). The van der Waals surface area contributed by atoms with E-state index in [0.29, 0.717) is 24.6 Å². The van der Waals surface area contributed by atoms with Crippen molar-refractivity contribution in [3.8, 4) is 11.5 Å². The van der Waals surface area contributed by atoms with Crippen LogP contribution in [0.2, 0.25) is 0 Å². The zero-order valence-corrected chi connectivity index (χ0v) is 12.7. The van der Waals surface area contributed by atoms with E-state index in [-0.39, 0.29) is 18.6 Å². The van der Waals surface area contributed by atoms with Crippen molar-refractivity contribution >= 4 is 6.03 Å². The van der Waals surface area contributed by atoms with Crippen molar-refractivity contribution in [2.75, 3.05) is 13.8 Å². The van der Waals surface area contributed by atoms with E-state index in [0.717, 1.165) is 11.1 Å². The van der Waals surface area contributed by atoms with Crippen LogP contribution in [0.4, 0.5) is 9.18 Å². The number of nitrogens with zero attached hydrogens (tertiary/aromatic N) is 1. The summed E-state index contributed by atoms with van der Waals surface area (Å²) in [5.41, 5.74) is 1.80. The van der Waals surface area contributed by atoms with Gasteiger partial charge in [0, 0.05) is 20.1 Å². The Kier molecular flexibility index (Phi) is 4.32. The molecule has 1 aliphatic rings.